The highest BCUT2D eigenvalue weighted by Gasteiger charge is 2.25. The number of halogens is 1. The largest absolute Gasteiger partial charge is 0.459 e. The van der Waals surface area contributed by atoms with E-state index in [9.17, 15) is 4.79 Å². The fraction of sp³-hybridized carbons (Fsp3) is 0.400. The van der Waals surface area contributed by atoms with Crippen LogP contribution >= 0.6 is 22.9 Å². The van der Waals surface area contributed by atoms with Gasteiger partial charge >= 0.3 is 0 Å². The van der Waals surface area contributed by atoms with E-state index in [2.05, 4.69) is 11.0 Å². The zero-order valence-electron chi connectivity index (χ0n) is 11.8. The third-order valence-corrected chi connectivity index (χ3v) is 4.94. The summed E-state index contributed by atoms with van der Waals surface area (Å²) in [5.74, 6) is 0.463. The number of piperazine rings is 1. The molecule has 0 N–H and O–H groups in total. The molecule has 0 aromatic carbocycles. The molecule has 0 aliphatic carbocycles. The topological polar surface area (TPSA) is 36.7 Å². The monoisotopic (exact) mass is 324 g/mol. The van der Waals surface area contributed by atoms with Gasteiger partial charge in [-0.25, -0.2) is 0 Å². The fourth-order valence-corrected chi connectivity index (χ4v) is 3.63. The number of nitrogens with zero attached hydrogens (tertiary/aromatic N) is 2. The summed E-state index contributed by atoms with van der Waals surface area (Å²) < 4.78 is 6.11. The standard InChI is InChI=1S/C15H17ClN2O2S/c1-11-4-9-20-14(11)15(19)18-7-5-17(6-8-18)10-12-2-3-13(16)21-12/h2-4,9H,5-8,10H2,1H3. The average molecular weight is 325 g/mol. The van der Waals surface area contributed by atoms with Gasteiger partial charge in [0, 0.05) is 43.2 Å². The normalized spacial score (nSPS) is 16.4. The Kier molecular flexibility index (Phi) is 4.33. The molecule has 1 saturated heterocycles. The highest BCUT2D eigenvalue weighted by molar-refractivity contribution is 7.16. The maximum atomic E-state index is 12.3. The molecule has 1 aliphatic rings. The zero-order valence-corrected chi connectivity index (χ0v) is 13.4. The van der Waals surface area contributed by atoms with Gasteiger partial charge in [0.2, 0.25) is 0 Å². The predicted molar refractivity (Wildman–Crippen MR) is 84.0 cm³/mol. The lowest BCUT2D eigenvalue weighted by Gasteiger charge is -2.34. The van der Waals surface area contributed by atoms with Crippen molar-refractivity contribution in [2.75, 3.05) is 26.2 Å². The van der Waals surface area contributed by atoms with Gasteiger partial charge in [0.05, 0.1) is 10.6 Å². The number of furan rings is 1. The lowest BCUT2D eigenvalue weighted by Crippen LogP contribution is -2.48. The van der Waals surface area contributed by atoms with Crippen molar-refractivity contribution in [1.82, 2.24) is 9.80 Å². The van der Waals surface area contributed by atoms with Crippen molar-refractivity contribution >= 4 is 28.8 Å². The van der Waals surface area contributed by atoms with Crippen LogP contribution in [0.3, 0.4) is 0 Å². The Morgan fingerprint density at radius 2 is 2.05 bits per heavy atom. The van der Waals surface area contributed by atoms with E-state index in [4.69, 9.17) is 16.0 Å². The first-order valence-corrected chi connectivity index (χ1v) is 8.13. The zero-order chi connectivity index (χ0) is 14.8. The fourth-order valence-electron chi connectivity index (χ4n) is 2.50. The number of thiophene rings is 1. The summed E-state index contributed by atoms with van der Waals surface area (Å²) in [6.45, 7) is 6.02. The molecule has 0 bridgehead atoms. The van der Waals surface area contributed by atoms with Gasteiger partial charge in [-0.15, -0.1) is 11.3 Å². The summed E-state index contributed by atoms with van der Waals surface area (Å²) >= 11 is 7.57. The van der Waals surface area contributed by atoms with Crippen LogP contribution in [0, 0.1) is 6.92 Å². The molecule has 1 aliphatic heterocycles. The third kappa shape index (κ3) is 3.31. The second-order valence-corrected chi connectivity index (χ2v) is 7.01. The number of carbonyl (C=O) groups excluding carboxylic acids is 1. The molecule has 0 saturated carbocycles. The van der Waals surface area contributed by atoms with E-state index in [0.29, 0.717) is 5.76 Å². The maximum Gasteiger partial charge on any atom is 0.289 e. The lowest BCUT2D eigenvalue weighted by molar-refractivity contribution is 0.0598. The van der Waals surface area contributed by atoms with Crippen molar-refractivity contribution in [3.63, 3.8) is 0 Å². The average Bonchev–Trinajstić information content (AvgIpc) is 3.08. The molecular weight excluding hydrogens is 308 g/mol. The van der Waals surface area contributed by atoms with Gasteiger partial charge in [0.15, 0.2) is 5.76 Å². The van der Waals surface area contributed by atoms with Crippen LogP contribution < -0.4 is 0 Å². The number of carbonyl (C=O) groups is 1. The van der Waals surface area contributed by atoms with Crippen LogP contribution in [0.4, 0.5) is 0 Å². The molecule has 0 unspecified atom stereocenters. The van der Waals surface area contributed by atoms with Crippen molar-refractivity contribution in [2.45, 2.75) is 13.5 Å². The summed E-state index contributed by atoms with van der Waals surface area (Å²) in [6.07, 6.45) is 1.57. The first-order valence-electron chi connectivity index (χ1n) is 6.93. The van der Waals surface area contributed by atoms with E-state index in [1.165, 1.54) is 4.88 Å². The van der Waals surface area contributed by atoms with E-state index < -0.39 is 0 Å². The number of hydrogen-bond acceptors (Lipinski definition) is 4. The molecule has 6 heteroatoms. The highest BCUT2D eigenvalue weighted by Crippen LogP contribution is 2.23. The van der Waals surface area contributed by atoms with Crippen LogP contribution in [0.1, 0.15) is 21.0 Å². The van der Waals surface area contributed by atoms with E-state index in [1.54, 1.807) is 17.6 Å². The van der Waals surface area contributed by atoms with Gasteiger partial charge in [-0.3, -0.25) is 9.69 Å². The minimum atomic E-state index is -0.00341. The summed E-state index contributed by atoms with van der Waals surface area (Å²) in [5, 5.41) is 0. The van der Waals surface area contributed by atoms with Crippen LogP contribution in [-0.2, 0) is 6.54 Å². The Morgan fingerprint density at radius 1 is 1.29 bits per heavy atom. The molecule has 0 atom stereocenters. The molecule has 3 heterocycles. The minimum absolute atomic E-state index is 0.00341. The summed E-state index contributed by atoms with van der Waals surface area (Å²) in [6, 6.07) is 5.82. The predicted octanol–water partition coefficient (Wildman–Crippen LogP) is 3.26. The first kappa shape index (κ1) is 14.6. The molecule has 2 aromatic heterocycles. The molecule has 3 rings (SSSR count). The molecule has 4 nitrogen and oxygen atoms in total. The summed E-state index contributed by atoms with van der Waals surface area (Å²) in [5.41, 5.74) is 0.899. The van der Waals surface area contributed by atoms with Crippen molar-refractivity contribution in [2.24, 2.45) is 0 Å². The molecule has 0 spiro atoms. The Morgan fingerprint density at radius 3 is 2.62 bits per heavy atom. The quantitative estimate of drug-likeness (QED) is 0.869. The molecular formula is C15H17ClN2O2S. The smallest absolute Gasteiger partial charge is 0.289 e. The number of hydrogen-bond donors (Lipinski definition) is 0. The van der Waals surface area contributed by atoms with Gasteiger partial charge in [-0.1, -0.05) is 11.6 Å². The van der Waals surface area contributed by atoms with Crippen molar-refractivity contribution in [3.05, 3.63) is 45.0 Å². The highest BCUT2D eigenvalue weighted by atomic mass is 35.5. The van der Waals surface area contributed by atoms with E-state index in [0.717, 1.165) is 42.6 Å². The molecule has 21 heavy (non-hydrogen) atoms. The van der Waals surface area contributed by atoms with Gasteiger partial charge in [0.1, 0.15) is 0 Å². The van der Waals surface area contributed by atoms with Crippen LogP contribution in [0.2, 0.25) is 4.34 Å². The Balaban J connectivity index is 1.55. The minimum Gasteiger partial charge on any atom is -0.459 e. The Bertz CT molecular complexity index is 629. The number of aryl methyl sites for hydroxylation is 1. The summed E-state index contributed by atoms with van der Waals surface area (Å²) in [4.78, 5) is 17.8. The van der Waals surface area contributed by atoms with Crippen molar-refractivity contribution in [3.8, 4) is 0 Å². The van der Waals surface area contributed by atoms with Crippen LogP contribution in [-0.4, -0.2) is 41.9 Å². The SMILES string of the molecule is Cc1ccoc1C(=O)N1CCN(Cc2ccc(Cl)s2)CC1. The maximum absolute atomic E-state index is 12.3. The Hall–Kier alpha value is -1.30. The van der Waals surface area contributed by atoms with E-state index in [-0.39, 0.29) is 5.91 Å². The van der Waals surface area contributed by atoms with Gasteiger partial charge in [-0.05, 0) is 25.1 Å². The number of rotatable bonds is 3. The van der Waals surface area contributed by atoms with Gasteiger partial charge in [-0.2, -0.15) is 0 Å². The lowest BCUT2D eigenvalue weighted by atomic mass is 10.2. The molecule has 2 aromatic rings. The molecule has 1 fully saturated rings. The van der Waals surface area contributed by atoms with E-state index in [1.807, 2.05) is 24.0 Å². The van der Waals surface area contributed by atoms with Crippen LogP contribution in [0.15, 0.2) is 28.9 Å². The van der Waals surface area contributed by atoms with Crippen LogP contribution in [0.5, 0.6) is 0 Å². The third-order valence-electron chi connectivity index (χ3n) is 3.72. The van der Waals surface area contributed by atoms with E-state index >= 15 is 0 Å². The number of amides is 1. The second-order valence-electron chi connectivity index (χ2n) is 5.21. The first-order chi connectivity index (χ1) is 10.1. The van der Waals surface area contributed by atoms with Crippen molar-refractivity contribution in [1.29, 1.82) is 0 Å². The van der Waals surface area contributed by atoms with Gasteiger partial charge in [0.25, 0.3) is 5.91 Å². The van der Waals surface area contributed by atoms with Crippen molar-refractivity contribution < 1.29 is 9.21 Å². The van der Waals surface area contributed by atoms with Crippen LogP contribution in [0.25, 0.3) is 0 Å². The Labute approximate surface area is 132 Å². The molecule has 1 amide bonds. The summed E-state index contributed by atoms with van der Waals surface area (Å²) in [7, 11) is 0. The molecule has 0 radical (unpaired) electrons. The molecule has 112 valence electrons. The van der Waals surface area contributed by atoms with Gasteiger partial charge < -0.3 is 9.32 Å². The second kappa shape index (κ2) is 6.22.